The van der Waals surface area contributed by atoms with Crippen molar-refractivity contribution in [2.45, 2.75) is 20.0 Å². The van der Waals surface area contributed by atoms with Crippen LogP contribution in [0.25, 0.3) is 10.9 Å². The van der Waals surface area contributed by atoms with Crippen LogP contribution in [0.15, 0.2) is 30.3 Å². The standard InChI is InChI=1S/C12H12NO/c1-8-7-11(9(2)14)10-5-3-4-6-12(10)13-8/h3-7,9H,1-2H3. The molecule has 0 saturated carbocycles. The lowest BCUT2D eigenvalue weighted by Gasteiger charge is -2.08. The molecule has 0 fully saturated rings. The molecule has 2 heteroatoms. The predicted molar refractivity (Wildman–Crippen MR) is 55.6 cm³/mol. The second-order valence-electron chi connectivity index (χ2n) is 3.51. The van der Waals surface area contributed by atoms with Crippen molar-refractivity contribution in [3.8, 4) is 0 Å². The van der Waals surface area contributed by atoms with Crippen LogP contribution < -0.4 is 0 Å². The Bertz CT molecular complexity index is 463. The quantitative estimate of drug-likeness (QED) is 0.673. The molecule has 1 aromatic heterocycles. The van der Waals surface area contributed by atoms with Crippen LogP contribution in [-0.4, -0.2) is 4.98 Å². The number of para-hydroxylation sites is 1. The minimum Gasteiger partial charge on any atom is -0.253 e. The zero-order chi connectivity index (χ0) is 10.1. The minimum absolute atomic E-state index is 0.693. The van der Waals surface area contributed by atoms with Crippen LogP contribution in [0.2, 0.25) is 0 Å². The first-order valence-corrected chi connectivity index (χ1v) is 4.70. The fourth-order valence-corrected chi connectivity index (χ4v) is 1.68. The number of aryl methyl sites for hydroxylation is 1. The normalized spacial score (nSPS) is 13.1. The van der Waals surface area contributed by atoms with E-state index in [0.29, 0.717) is 0 Å². The van der Waals surface area contributed by atoms with Crippen LogP contribution in [-0.2, 0) is 5.11 Å². The van der Waals surface area contributed by atoms with Gasteiger partial charge in [0.2, 0.25) is 0 Å². The van der Waals surface area contributed by atoms with Crippen molar-refractivity contribution >= 4 is 10.9 Å². The van der Waals surface area contributed by atoms with Crippen molar-refractivity contribution in [2.75, 3.05) is 0 Å². The van der Waals surface area contributed by atoms with Gasteiger partial charge in [-0.3, -0.25) is 4.98 Å². The Labute approximate surface area is 83.2 Å². The van der Waals surface area contributed by atoms with E-state index in [4.69, 9.17) is 0 Å². The SMILES string of the molecule is Cc1cc(C(C)[O])c2ccccc2n1. The zero-order valence-electron chi connectivity index (χ0n) is 8.32. The van der Waals surface area contributed by atoms with Gasteiger partial charge in [0.1, 0.15) is 6.10 Å². The van der Waals surface area contributed by atoms with Crippen LogP contribution in [0.4, 0.5) is 0 Å². The van der Waals surface area contributed by atoms with E-state index in [2.05, 4.69) is 4.98 Å². The summed E-state index contributed by atoms with van der Waals surface area (Å²) in [6.07, 6.45) is -0.693. The van der Waals surface area contributed by atoms with Gasteiger partial charge in [-0.05, 0) is 31.5 Å². The molecule has 14 heavy (non-hydrogen) atoms. The van der Waals surface area contributed by atoms with Crippen LogP contribution in [0.3, 0.4) is 0 Å². The van der Waals surface area contributed by atoms with Gasteiger partial charge in [0, 0.05) is 11.1 Å². The number of rotatable bonds is 1. The molecule has 2 nitrogen and oxygen atoms in total. The van der Waals surface area contributed by atoms with Crippen LogP contribution in [0.1, 0.15) is 24.3 Å². The van der Waals surface area contributed by atoms with Crippen LogP contribution in [0.5, 0.6) is 0 Å². The number of hydrogen-bond donors (Lipinski definition) is 0. The molecule has 0 amide bonds. The number of benzene rings is 1. The maximum atomic E-state index is 11.5. The average molecular weight is 186 g/mol. The Morgan fingerprint density at radius 1 is 1.29 bits per heavy atom. The summed E-state index contributed by atoms with van der Waals surface area (Å²) in [7, 11) is 0. The van der Waals surface area contributed by atoms with Gasteiger partial charge in [-0.15, -0.1) is 0 Å². The molecule has 0 N–H and O–H groups in total. The number of pyridine rings is 1. The highest BCUT2D eigenvalue weighted by Crippen LogP contribution is 2.23. The molecule has 0 spiro atoms. The largest absolute Gasteiger partial charge is 0.253 e. The topological polar surface area (TPSA) is 32.8 Å². The molecule has 0 aliphatic rings. The molecule has 1 unspecified atom stereocenters. The van der Waals surface area contributed by atoms with Gasteiger partial charge in [0.15, 0.2) is 0 Å². The Morgan fingerprint density at radius 3 is 2.71 bits per heavy atom. The van der Waals surface area contributed by atoms with E-state index in [1.165, 1.54) is 0 Å². The summed E-state index contributed by atoms with van der Waals surface area (Å²) < 4.78 is 0. The molecule has 1 aromatic carbocycles. The fourth-order valence-electron chi connectivity index (χ4n) is 1.68. The summed E-state index contributed by atoms with van der Waals surface area (Å²) in [5.41, 5.74) is 2.65. The van der Waals surface area contributed by atoms with Crippen LogP contribution >= 0.6 is 0 Å². The number of fused-ring (bicyclic) bond motifs is 1. The third kappa shape index (κ3) is 1.49. The molecule has 0 aliphatic heterocycles. The van der Waals surface area contributed by atoms with E-state index in [0.717, 1.165) is 22.2 Å². The highest BCUT2D eigenvalue weighted by atomic mass is 16.3. The second kappa shape index (κ2) is 3.39. The van der Waals surface area contributed by atoms with Crippen molar-refractivity contribution in [3.63, 3.8) is 0 Å². The third-order valence-corrected chi connectivity index (χ3v) is 2.31. The maximum Gasteiger partial charge on any atom is 0.116 e. The Balaban J connectivity index is 2.80. The molecular weight excluding hydrogens is 174 g/mol. The lowest BCUT2D eigenvalue weighted by molar-refractivity contribution is 0.107. The highest BCUT2D eigenvalue weighted by molar-refractivity contribution is 5.82. The first-order valence-electron chi connectivity index (χ1n) is 4.70. The first-order chi connectivity index (χ1) is 6.68. The molecule has 0 aliphatic carbocycles. The highest BCUT2D eigenvalue weighted by Gasteiger charge is 2.08. The van der Waals surface area contributed by atoms with E-state index in [9.17, 15) is 5.11 Å². The van der Waals surface area contributed by atoms with Crippen molar-refractivity contribution in [2.24, 2.45) is 0 Å². The van der Waals surface area contributed by atoms with Gasteiger partial charge in [0.05, 0.1) is 5.52 Å². The van der Waals surface area contributed by atoms with Gasteiger partial charge in [-0.1, -0.05) is 18.2 Å². The summed E-state index contributed by atoms with van der Waals surface area (Å²) in [5, 5.41) is 12.4. The molecule has 0 saturated heterocycles. The van der Waals surface area contributed by atoms with E-state index in [1.54, 1.807) is 6.92 Å². The van der Waals surface area contributed by atoms with E-state index < -0.39 is 6.10 Å². The lowest BCUT2D eigenvalue weighted by atomic mass is 10.0. The Morgan fingerprint density at radius 2 is 2.00 bits per heavy atom. The third-order valence-electron chi connectivity index (χ3n) is 2.31. The van der Waals surface area contributed by atoms with Gasteiger partial charge in [-0.2, -0.15) is 0 Å². The Hall–Kier alpha value is -1.41. The fraction of sp³-hybridized carbons (Fsp3) is 0.250. The molecule has 2 aromatic rings. The first kappa shape index (κ1) is 9.16. The molecule has 1 radical (unpaired) electrons. The predicted octanol–water partition coefficient (Wildman–Crippen LogP) is 3.03. The minimum atomic E-state index is -0.693. The number of aromatic nitrogens is 1. The molecule has 1 heterocycles. The van der Waals surface area contributed by atoms with Crippen molar-refractivity contribution in [3.05, 3.63) is 41.6 Å². The van der Waals surface area contributed by atoms with E-state index in [1.807, 2.05) is 37.3 Å². The smallest absolute Gasteiger partial charge is 0.116 e. The van der Waals surface area contributed by atoms with Crippen molar-refractivity contribution in [1.82, 2.24) is 4.98 Å². The zero-order valence-corrected chi connectivity index (χ0v) is 8.32. The van der Waals surface area contributed by atoms with Crippen molar-refractivity contribution < 1.29 is 5.11 Å². The molecular formula is C12H12NO. The monoisotopic (exact) mass is 186 g/mol. The summed E-state index contributed by atoms with van der Waals surface area (Å²) in [5.74, 6) is 0. The lowest BCUT2D eigenvalue weighted by Crippen LogP contribution is -1.94. The second-order valence-corrected chi connectivity index (χ2v) is 3.51. The molecule has 1 atom stereocenters. The molecule has 2 rings (SSSR count). The summed E-state index contributed by atoms with van der Waals surface area (Å²) in [4.78, 5) is 4.38. The number of hydrogen-bond acceptors (Lipinski definition) is 1. The van der Waals surface area contributed by atoms with Gasteiger partial charge in [0.25, 0.3) is 0 Å². The van der Waals surface area contributed by atoms with Gasteiger partial charge < -0.3 is 0 Å². The van der Waals surface area contributed by atoms with E-state index >= 15 is 0 Å². The summed E-state index contributed by atoms with van der Waals surface area (Å²) in [6, 6.07) is 9.64. The van der Waals surface area contributed by atoms with E-state index in [-0.39, 0.29) is 0 Å². The molecule has 71 valence electrons. The van der Waals surface area contributed by atoms with Gasteiger partial charge >= 0.3 is 0 Å². The Kier molecular flexibility index (Phi) is 2.22. The van der Waals surface area contributed by atoms with Gasteiger partial charge in [-0.25, -0.2) is 5.11 Å². The van der Waals surface area contributed by atoms with Crippen LogP contribution in [0, 0.1) is 6.92 Å². The summed E-state index contributed by atoms with van der Waals surface area (Å²) >= 11 is 0. The number of nitrogens with zero attached hydrogens (tertiary/aromatic N) is 1. The maximum absolute atomic E-state index is 11.5. The average Bonchev–Trinajstić information content (AvgIpc) is 2.16. The summed E-state index contributed by atoms with van der Waals surface area (Å²) in [6.45, 7) is 3.58. The van der Waals surface area contributed by atoms with Crippen molar-refractivity contribution in [1.29, 1.82) is 0 Å². The molecule has 0 bridgehead atoms.